The Balaban J connectivity index is 1.48. The summed E-state index contributed by atoms with van der Waals surface area (Å²) in [6.07, 6.45) is 0. The fourth-order valence-electron chi connectivity index (χ4n) is 3.05. The van der Waals surface area contributed by atoms with Crippen molar-refractivity contribution in [3.8, 4) is 0 Å². The van der Waals surface area contributed by atoms with E-state index in [4.69, 9.17) is 23.2 Å². The molecule has 0 atom stereocenters. The molecule has 1 aliphatic rings. The standard InChI is InChI=1S/C23H14BrCl2N3O3/c24-14-6-10-17(11-7-14)28-21(30)13-4-8-16(9-5-13)27-20-19(26)22(31)29(23(20)32)18-3-1-2-15(25)12-18/h1-12,27H,(H,28,30). The number of benzene rings is 3. The van der Waals surface area contributed by atoms with Gasteiger partial charge < -0.3 is 10.6 Å². The molecule has 9 heteroatoms. The summed E-state index contributed by atoms with van der Waals surface area (Å²) in [5.41, 5.74) is 1.85. The van der Waals surface area contributed by atoms with E-state index in [9.17, 15) is 14.4 Å². The molecule has 0 aliphatic carbocycles. The Labute approximate surface area is 201 Å². The van der Waals surface area contributed by atoms with Crippen molar-refractivity contribution in [1.29, 1.82) is 0 Å². The molecule has 160 valence electrons. The van der Waals surface area contributed by atoms with Gasteiger partial charge in [-0.2, -0.15) is 0 Å². The van der Waals surface area contributed by atoms with Crippen LogP contribution in [0, 0.1) is 0 Å². The van der Waals surface area contributed by atoms with Crippen LogP contribution in [0.4, 0.5) is 17.1 Å². The van der Waals surface area contributed by atoms with E-state index < -0.39 is 11.8 Å². The second-order valence-corrected chi connectivity index (χ2v) is 8.51. The van der Waals surface area contributed by atoms with Gasteiger partial charge in [-0.25, -0.2) is 4.90 Å². The minimum atomic E-state index is -0.646. The molecule has 0 spiro atoms. The third-order valence-electron chi connectivity index (χ3n) is 4.61. The lowest BCUT2D eigenvalue weighted by Gasteiger charge is -2.15. The van der Waals surface area contributed by atoms with Crippen molar-refractivity contribution in [2.45, 2.75) is 0 Å². The van der Waals surface area contributed by atoms with Gasteiger partial charge in [0.2, 0.25) is 0 Å². The molecule has 0 saturated heterocycles. The third-order valence-corrected chi connectivity index (χ3v) is 5.73. The maximum Gasteiger partial charge on any atom is 0.283 e. The van der Waals surface area contributed by atoms with Crippen LogP contribution in [0.15, 0.2) is 88.0 Å². The van der Waals surface area contributed by atoms with Crippen LogP contribution in [0.5, 0.6) is 0 Å². The zero-order valence-corrected chi connectivity index (χ0v) is 19.3. The summed E-state index contributed by atoms with van der Waals surface area (Å²) in [4.78, 5) is 38.8. The number of anilines is 3. The van der Waals surface area contributed by atoms with Crippen LogP contribution in [-0.2, 0) is 9.59 Å². The Morgan fingerprint density at radius 2 is 1.50 bits per heavy atom. The first kappa shape index (κ1) is 22.1. The van der Waals surface area contributed by atoms with E-state index in [1.807, 2.05) is 12.1 Å². The number of rotatable bonds is 5. The van der Waals surface area contributed by atoms with E-state index in [1.165, 1.54) is 6.07 Å². The van der Waals surface area contributed by atoms with Crippen molar-refractivity contribution in [2.24, 2.45) is 0 Å². The van der Waals surface area contributed by atoms with Gasteiger partial charge in [0.15, 0.2) is 0 Å². The summed E-state index contributed by atoms with van der Waals surface area (Å²) in [5.74, 6) is -1.53. The summed E-state index contributed by atoms with van der Waals surface area (Å²) in [5, 5.41) is 5.83. The van der Waals surface area contributed by atoms with E-state index in [0.29, 0.717) is 27.6 Å². The van der Waals surface area contributed by atoms with Crippen molar-refractivity contribution in [3.05, 3.63) is 98.6 Å². The summed E-state index contributed by atoms with van der Waals surface area (Å²) >= 11 is 15.5. The number of amides is 3. The summed E-state index contributed by atoms with van der Waals surface area (Å²) in [7, 11) is 0. The van der Waals surface area contributed by atoms with Crippen LogP contribution in [-0.4, -0.2) is 17.7 Å². The minimum Gasteiger partial charge on any atom is -0.350 e. The predicted molar refractivity (Wildman–Crippen MR) is 129 cm³/mol. The van der Waals surface area contributed by atoms with Crippen LogP contribution >= 0.6 is 39.1 Å². The van der Waals surface area contributed by atoms with Gasteiger partial charge in [0.25, 0.3) is 17.7 Å². The molecule has 0 aromatic heterocycles. The average Bonchev–Trinajstić information content (AvgIpc) is 2.99. The first-order valence-corrected chi connectivity index (χ1v) is 10.9. The molecule has 0 saturated carbocycles. The fraction of sp³-hybridized carbons (Fsp3) is 0. The van der Waals surface area contributed by atoms with Gasteiger partial charge in [0.05, 0.1) is 5.69 Å². The van der Waals surface area contributed by atoms with Gasteiger partial charge in [-0.1, -0.05) is 45.2 Å². The maximum absolute atomic E-state index is 12.8. The lowest BCUT2D eigenvalue weighted by Crippen LogP contribution is -2.32. The topological polar surface area (TPSA) is 78.5 Å². The van der Waals surface area contributed by atoms with Crippen molar-refractivity contribution in [3.63, 3.8) is 0 Å². The number of nitrogens with zero attached hydrogens (tertiary/aromatic N) is 1. The number of hydrogen-bond acceptors (Lipinski definition) is 4. The first-order chi connectivity index (χ1) is 15.3. The van der Waals surface area contributed by atoms with E-state index in [-0.39, 0.29) is 16.6 Å². The normalized spacial score (nSPS) is 13.5. The highest BCUT2D eigenvalue weighted by atomic mass is 79.9. The second-order valence-electron chi connectivity index (χ2n) is 6.78. The SMILES string of the molecule is O=C(Nc1ccc(Br)cc1)c1ccc(NC2=C(Cl)C(=O)N(c3cccc(Cl)c3)C2=O)cc1. The van der Waals surface area contributed by atoms with Gasteiger partial charge in [-0.15, -0.1) is 0 Å². The minimum absolute atomic E-state index is 0.0521. The quantitative estimate of drug-likeness (QED) is 0.409. The Hall–Kier alpha value is -3.13. The van der Waals surface area contributed by atoms with Crippen LogP contribution in [0.2, 0.25) is 5.02 Å². The Bertz CT molecular complexity index is 1260. The molecule has 0 unspecified atom stereocenters. The van der Waals surface area contributed by atoms with E-state index in [1.54, 1.807) is 54.6 Å². The Morgan fingerprint density at radius 3 is 2.16 bits per heavy atom. The van der Waals surface area contributed by atoms with Gasteiger partial charge in [-0.05, 0) is 66.7 Å². The highest BCUT2D eigenvalue weighted by molar-refractivity contribution is 9.10. The molecule has 32 heavy (non-hydrogen) atoms. The Kier molecular flexibility index (Phi) is 6.32. The number of carbonyl (C=O) groups excluding carboxylic acids is 3. The molecule has 3 aromatic rings. The van der Waals surface area contributed by atoms with E-state index in [0.717, 1.165) is 9.37 Å². The smallest absolute Gasteiger partial charge is 0.283 e. The van der Waals surface area contributed by atoms with Gasteiger partial charge in [0.1, 0.15) is 10.7 Å². The molecule has 4 rings (SSSR count). The van der Waals surface area contributed by atoms with Crippen molar-refractivity contribution in [2.75, 3.05) is 15.5 Å². The third kappa shape index (κ3) is 4.55. The van der Waals surface area contributed by atoms with Crippen LogP contribution in [0.1, 0.15) is 10.4 Å². The van der Waals surface area contributed by atoms with Gasteiger partial charge in [0, 0.05) is 26.4 Å². The summed E-state index contributed by atoms with van der Waals surface area (Å²) in [6.45, 7) is 0. The van der Waals surface area contributed by atoms with Crippen LogP contribution in [0.25, 0.3) is 0 Å². The van der Waals surface area contributed by atoms with E-state index in [2.05, 4.69) is 26.6 Å². The Morgan fingerprint density at radius 1 is 0.844 bits per heavy atom. The van der Waals surface area contributed by atoms with Crippen LogP contribution < -0.4 is 15.5 Å². The molecule has 6 nitrogen and oxygen atoms in total. The fourth-order valence-corrected chi connectivity index (χ4v) is 3.71. The average molecular weight is 531 g/mol. The number of carbonyl (C=O) groups is 3. The molecular weight excluding hydrogens is 517 g/mol. The zero-order valence-electron chi connectivity index (χ0n) is 16.2. The largest absolute Gasteiger partial charge is 0.350 e. The lowest BCUT2D eigenvalue weighted by atomic mass is 10.2. The second kappa shape index (κ2) is 9.16. The van der Waals surface area contributed by atoms with Gasteiger partial charge in [-0.3, -0.25) is 14.4 Å². The zero-order chi connectivity index (χ0) is 22.8. The molecule has 3 aromatic carbocycles. The highest BCUT2D eigenvalue weighted by Crippen LogP contribution is 2.31. The molecule has 1 aliphatic heterocycles. The predicted octanol–water partition coefficient (Wildman–Crippen LogP) is 5.79. The highest BCUT2D eigenvalue weighted by Gasteiger charge is 2.39. The lowest BCUT2D eigenvalue weighted by molar-refractivity contribution is -0.120. The number of hydrogen-bond donors (Lipinski definition) is 2. The van der Waals surface area contributed by atoms with Gasteiger partial charge >= 0.3 is 0 Å². The first-order valence-electron chi connectivity index (χ1n) is 9.31. The van der Waals surface area contributed by atoms with Crippen molar-refractivity contribution in [1.82, 2.24) is 0 Å². The summed E-state index contributed by atoms with van der Waals surface area (Å²) < 4.78 is 0.910. The molecule has 0 radical (unpaired) electrons. The van der Waals surface area contributed by atoms with Crippen molar-refractivity contribution < 1.29 is 14.4 Å². The van der Waals surface area contributed by atoms with Crippen molar-refractivity contribution >= 4 is 73.9 Å². The number of halogens is 3. The number of imide groups is 1. The molecule has 0 fully saturated rings. The molecule has 0 bridgehead atoms. The molecule has 3 amide bonds. The van der Waals surface area contributed by atoms with E-state index >= 15 is 0 Å². The number of nitrogens with one attached hydrogen (secondary N) is 2. The summed E-state index contributed by atoms with van der Waals surface area (Å²) in [6, 6.07) is 20.0. The molecule has 2 N–H and O–H groups in total. The molecular formula is C23H14BrCl2N3O3. The maximum atomic E-state index is 12.8. The molecule has 1 heterocycles. The monoisotopic (exact) mass is 529 g/mol. The van der Waals surface area contributed by atoms with Crippen LogP contribution in [0.3, 0.4) is 0 Å².